The van der Waals surface area contributed by atoms with Gasteiger partial charge in [0.15, 0.2) is 9.84 Å². The molecule has 1 saturated heterocycles. The molecule has 0 aliphatic carbocycles. The van der Waals surface area contributed by atoms with Gasteiger partial charge in [-0.25, -0.2) is 16.8 Å². The molecule has 0 atom stereocenters. The minimum absolute atomic E-state index is 0.0353. The number of hydrogen-bond acceptors (Lipinski definition) is 5. The topological polar surface area (TPSA) is 95.3 Å². The van der Waals surface area contributed by atoms with Crippen LogP contribution in [0.4, 0.5) is 0 Å². The molecule has 2 aromatic carbocycles. The van der Waals surface area contributed by atoms with Crippen molar-refractivity contribution in [3.05, 3.63) is 60.2 Å². The van der Waals surface area contributed by atoms with Gasteiger partial charge in [0.1, 0.15) is 6.07 Å². The molecule has 1 fully saturated rings. The second-order valence-electron chi connectivity index (χ2n) is 6.07. The van der Waals surface area contributed by atoms with Gasteiger partial charge >= 0.3 is 0 Å². The van der Waals surface area contributed by atoms with Crippen LogP contribution >= 0.6 is 0 Å². The van der Waals surface area contributed by atoms with Gasteiger partial charge in [-0.05, 0) is 37.1 Å². The van der Waals surface area contributed by atoms with Gasteiger partial charge in [0, 0.05) is 13.1 Å². The summed E-state index contributed by atoms with van der Waals surface area (Å²) in [5, 5.41) is 8.53. The van der Waals surface area contributed by atoms with E-state index >= 15 is 0 Å². The van der Waals surface area contributed by atoms with Crippen LogP contribution in [0, 0.1) is 11.3 Å². The number of sulfonamides is 1. The number of piperidine rings is 1. The lowest BCUT2D eigenvalue weighted by Gasteiger charge is -2.31. The standard InChI is InChI=1S/C18H18N2O4S2/c19-14-15-6-4-5-9-18(15)26(23,24)20-12-10-17(11-13-20)25(21,22)16-7-2-1-3-8-16/h1-9,17H,10-13H2. The van der Waals surface area contributed by atoms with E-state index in [0.717, 1.165) is 0 Å². The molecule has 0 aromatic heterocycles. The second kappa shape index (κ2) is 7.19. The molecule has 0 amide bonds. The van der Waals surface area contributed by atoms with Crippen molar-refractivity contribution in [1.82, 2.24) is 4.31 Å². The first-order chi connectivity index (χ1) is 12.4. The highest BCUT2D eigenvalue weighted by molar-refractivity contribution is 7.92. The fourth-order valence-corrected chi connectivity index (χ4v) is 6.47. The molecule has 1 aliphatic rings. The van der Waals surface area contributed by atoms with Gasteiger partial charge in [0.05, 0.1) is 20.6 Å². The number of benzene rings is 2. The summed E-state index contributed by atoms with van der Waals surface area (Å²) in [6.07, 6.45) is 0.455. The molecule has 0 unspecified atom stereocenters. The summed E-state index contributed by atoms with van der Waals surface area (Å²) in [5.41, 5.74) is 0.0894. The van der Waals surface area contributed by atoms with Gasteiger partial charge in [0.25, 0.3) is 0 Å². The predicted molar refractivity (Wildman–Crippen MR) is 96.6 cm³/mol. The molecule has 0 saturated carbocycles. The monoisotopic (exact) mass is 390 g/mol. The summed E-state index contributed by atoms with van der Waals surface area (Å²) in [4.78, 5) is 0.225. The Bertz CT molecular complexity index is 1030. The molecule has 8 heteroatoms. The third kappa shape index (κ3) is 3.38. The van der Waals surface area contributed by atoms with E-state index in [2.05, 4.69) is 0 Å². The molecule has 1 heterocycles. The highest BCUT2D eigenvalue weighted by atomic mass is 32.2. The zero-order chi connectivity index (χ0) is 18.8. The van der Waals surface area contributed by atoms with Crippen molar-refractivity contribution in [3.63, 3.8) is 0 Å². The lowest BCUT2D eigenvalue weighted by molar-refractivity contribution is 0.345. The van der Waals surface area contributed by atoms with Gasteiger partial charge in [-0.2, -0.15) is 9.57 Å². The minimum Gasteiger partial charge on any atom is -0.223 e. The largest absolute Gasteiger partial charge is 0.244 e. The number of nitrogens with zero attached hydrogens (tertiary/aromatic N) is 2. The van der Waals surface area contributed by atoms with Gasteiger partial charge < -0.3 is 0 Å². The van der Waals surface area contributed by atoms with Crippen molar-refractivity contribution >= 4 is 19.9 Å². The van der Waals surface area contributed by atoms with E-state index in [4.69, 9.17) is 5.26 Å². The summed E-state index contributed by atoms with van der Waals surface area (Å²) in [6, 6.07) is 16.1. The van der Waals surface area contributed by atoms with E-state index in [1.54, 1.807) is 42.5 Å². The van der Waals surface area contributed by atoms with Crippen LogP contribution < -0.4 is 0 Å². The smallest absolute Gasteiger partial charge is 0.223 e. The van der Waals surface area contributed by atoms with E-state index in [1.807, 2.05) is 6.07 Å². The number of nitriles is 1. The third-order valence-electron chi connectivity index (χ3n) is 4.54. The van der Waals surface area contributed by atoms with E-state index < -0.39 is 25.1 Å². The van der Waals surface area contributed by atoms with E-state index in [1.165, 1.54) is 16.4 Å². The summed E-state index contributed by atoms with van der Waals surface area (Å²) >= 11 is 0. The van der Waals surface area contributed by atoms with Crippen molar-refractivity contribution in [2.45, 2.75) is 27.9 Å². The maximum absolute atomic E-state index is 12.8. The summed E-state index contributed by atoms with van der Waals surface area (Å²) in [7, 11) is -7.30. The molecule has 1 aliphatic heterocycles. The Morgan fingerprint density at radius 1 is 0.885 bits per heavy atom. The zero-order valence-corrected chi connectivity index (χ0v) is 15.6. The van der Waals surface area contributed by atoms with Crippen LogP contribution in [0.3, 0.4) is 0 Å². The fourth-order valence-electron chi connectivity index (χ4n) is 3.11. The zero-order valence-electron chi connectivity index (χ0n) is 13.9. The molecule has 0 spiro atoms. The average molecular weight is 390 g/mol. The van der Waals surface area contributed by atoms with Crippen LogP contribution in [0.1, 0.15) is 18.4 Å². The summed E-state index contributed by atoms with van der Waals surface area (Å²) in [5.74, 6) is 0. The second-order valence-corrected chi connectivity index (χ2v) is 10.2. The third-order valence-corrected chi connectivity index (χ3v) is 8.77. The van der Waals surface area contributed by atoms with Gasteiger partial charge in [-0.1, -0.05) is 30.3 Å². The van der Waals surface area contributed by atoms with Crippen molar-refractivity contribution in [3.8, 4) is 6.07 Å². The minimum atomic E-state index is -3.82. The number of sulfone groups is 1. The average Bonchev–Trinajstić information content (AvgIpc) is 2.68. The molecule has 0 bridgehead atoms. The van der Waals surface area contributed by atoms with Crippen LogP contribution in [0.5, 0.6) is 0 Å². The lowest BCUT2D eigenvalue weighted by Crippen LogP contribution is -2.42. The van der Waals surface area contributed by atoms with Crippen LogP contribution in [0.25, 0.3) is 0 Å². The molecule has 136 valence electrons. The van der Waals surface area contributed by atoms with E-state index in [-0.39, 0.29) is 41.3 Å². The maximum atomic E-state index is 12.8. The maximum Gasteiger partial charge on any atom is 0.244 e. The van der Waals surface area contributed by atoms with E-state index in [9.17, 15) is 16.8 Å². The first-order valence-electron chi connectivity index (χ1n) is 8.15. The normalized spacial score (nSPS) is 16.9. The van der Waals surface area contributed by atoms with Crippen molar-refractivity contribution in [1.29, 1.82) is 5.26 Å². The van der Waals surface area contributed by atoms with Gasteiger partial charge in [-0.3, -0.25) is 0 Å². The molecule has 6 nitrogen and oxygen atoms in total. The highest BCUT2D eigenvalue weighted by Crippen LogP contribution is 2.28. The van der Waals surface area contributed by atoms with Gasteiger partial charge in [0.2, 0.25) is 10.0 Å². The molecular weight excluding hydrogens is 372 g/mol. The number of rotatable bonds is 4. The Kier molecular flexibility index (Phi) is 5.14. The molecule has 0 radical (unpaired) electrons. The lowest BCUT2D eigenvalue weighted by atomic mass is 10.2. The Labute approximate surface area is 153 Å². The van der Waals surface area contributed by atoms with Crippen LogP contribution in [-0.2, 0) is 19.9 Å². The Hall–Kier alpha value is -2.21. The SMILES string of the molecule is N#Cc1ccccc1S(=O)(=O)N1CCC(S(=O)(=O)c2ccccc2)CC1. The molecular formula is C18H18N2O4S2. The quantitative estimate of drug-likeness (QED) is 0.797. The van der Waals surface area contributed by atoms with Crippen molar-refractivity contribution in [2.75, 3.05) is 13.1 Å². The summed E-state index contributed by atoms with van der Waals surface area (Å²) < 4.78 is 52.3. The predicted octanol–water partition coefficient (Wildman–Crippen LogP) is 2.19. The Morgan fingerprint density at radius 3 is 2.08 bits per heavy atom. The first kappa shape index (κ1) is 18.6. The van der Waals surface area contributed by atoms with Crippen LogP contribution in [0.15, 0.2) is 64.4 Å². The van der Waals surface area contributed by atoms with Crippen LogP contribution in [0.2, 0.25) is 0 Å². The fraction of sp³-hybridized carbons (Fsp3) is 0.278. The first-order valence-corrected chi connectivity index (χ1v) is 11.1. The Balaban J connectivity index is 1.80. The highest BCUT2D eigenvalue weighted by Gasteiger charge is 2.36. The molecule has 3 rings (SSSR count). The van der Waals surface area contributed by atoms with Gasteiger partial charge in [-0.15, -0.1) is 0 Å². The van der Waals surface area contributed by atoms with Crippen molar-refractivity contribution < 1.29 is 16.8 Å². The molecule has 0 N–H and O–H groups in total. The number of hydrogen-bond donors (Lipinski definition) is 0. The van der Waals surface area contributed by atoms with Crippen molar-refractivity contribution in [2.24, 2.45) is 0 Å². The molecule has 2 aromatic rings. The summed E-state index contributed by atoms with van der Waals surface area (Å²) in [6.45, 7) is 0.220. The van der Waals surface area contributed by atoms with E-state index in [0.29, 0.717) is 0 Å². The Morgan fingerprint density at radius 2 is 1.46 bits per heavy atom. The molecule has 26 heavy (non-hydrogen) atoms. The van der Waals surface area contributed by atoms with Crippen LogP contribution in [-0.4, -0.2) is 39.5 Å².